The Morgan fingerprint density at radius 1 is 0.850 bits per heavy atom. The molecular formula is C14H16N4O2+2. The number of rotatable bonds is 5. The summed E-state index contributed by atoms with van der Waals surface area (Å²) in [7, 11) is 0. The molecule has 2 aromatic heterocycles. The van der Waals surface area contributed by atoms with Crippen LogP contribution in [0.4, 0.5) is 11.4 Å². The van der Waals surface area contributed by atoms with E-state index in [0.29, 0.717) is 11.4 Å². The molecule has 2 heterocycles. The predicted molar refractivity (Wildman–Crippen MR) is 72.5 cm³/mol. The van der Waals surface area contributed by atoms with Crippen molar-refractivity contribution in [2.45, 2.75) is 12.8 Å². The molecule has 6 nitrogen and oxygen atoms in total. The molecule has 102 valence electrons. The number of hydrogen-bond donors (Lipinski definition) is 2. The summed E-state index contributed by atoms with van der Waals surface area (Å²) >= 11 is 0. The number of amides is 2. The van der Waals surface area contributed by atoms with E-state index in [1.54, 1.807) is 49.1 Å². The Balaban J connectivity index is 1.75. The molecule has 0 radical (unpaired) electrons. The molecule has 0 aromatic carbocycles. The summed E-state index contributed by atoms with van der Waals surface area (Å²) in [6, 6.07) is 7.12. The molecule has 4 N–H and O–H groups in total. The van der Waals surface area contributed by atoms with E-state index in [1.165, 1.54) is 0 Å². The largest absolute Gasteiger partial charge is 0.321 e. The number of pyridine rings is 2. The molecule has 0 saturated carbocycles. The minimum absolute atomic E-state index is 0.136. The number of H-pyrrole nitrogens is 2. The van der Waals surface area contributed by atoms with Crippen molar-refractivity contribution in [3.05, 3.63) is 49.1 Å². The van der Waals surface area contributed by atoms with Crippen molar-refractivity contribution in [1.82, 2.24) is 0 Å². The molecule has 0 atom stereocenters. The molecule has 0 spiro atoms. The highest BCUT2D eigenvalue weighted by molar-refractivity contribution is 5.96. The van der Waals surface area contributed by atoms with Crippen molar-refractivity contribution in [3.8, 4) is 0 Å². The quantitative estimate of drug-likeness (QED) is 0.838. The zero-order valence-electron chi connectivity index (χ0n) is 10.8. The van der Waals surface area contributed by atoms with E-state index >= 15 is 0 Å². The molecule has 20 heavy (non-hydrogen) atoms. The van der Waals surface area contributed by atoms with Gasteiger partial charge in [0, 0.05) is 25.0 Å². The molecule has 0 aliphatic carbocycles. The molecule has 0 fully saturated rings. The van der Waals surface area contributed by atoms with Crippen molar-refractivity contribution >= 4 is 23.2 Å². The maximum atomic E-state index is 11.7. The van der Waals surface area contributed by atoms with Gasteiger partial charge in [-0.1, -0.05) is 0 Å². The summed E-state index contributed by atoms with van der Waals surface area (Å²) in [6.45, 7) is 0. The topological polar surface area (TPSA) is 86.5 Å². The van der Waals surface area contributed by atoms with Crippen molar-refractivity contribution in [2.24, 2.45) is 0 Å². The Kier molecular flexibility index (Phi) is 4.77. The number of carbonyl (C=O) groups excluding carboxylic acids is 2. The van der Waals surface area contributed by atoms with Gasteiger partial charge in [0.1, 0.15) is 11.4 Å². The average molecular weight is 272 g/mol. The van der Waals surface area contributed by atoms with Crippen LogP contribution in [0, 0.1) is 0 Å². The molecular weight excluding hydrogens is 256 g/mol. The van der Waals surface area contributed by atoms with Crippen molar-refractivity contribution in [1.29, 1.82) is 0 Å². The van der Waals surface area contributed by atoms with Crippen molar-refractivity contribution in [3.63, 3.8) is 0 Å². The Hall–Kier alpha value is -2.76. The SMILES string of the molecule is O=C(CCC(=O)Nc1ccc[nH+]c1)Nc1ccc[nH+]c1. The van der Waals surface area contributed by atoms with Gasteiger partial charge in [0.25, 0.3) is 0 Å². The van der Waals surface area contributed by atoms with E-state index < -0.39 is 0 Å². The van der Waals surface area contributed by atoms with Crippen LogP contribution in [0.5, 0.6) is 0 Å². The molecule has 0 aliphatic heterocycles. The fourth-order valence-electron chi connectivity index (χ4n) is 1.62. The monoisotopic (exact) mass is 272 g/mol. The maximum Gasteiger partial charge on any atom is 0.225 e. The number of aromatic amines is 2. The van der Waals surface area contributed by atoms with Crippen LogP contribution in [0.1, 0.15) is 12.8 Å². The highest BCUT2D eigenvalue weighted by Gasteiger charge is 2.08. The molecule has 2 aromatic rings. The lowest BCUT2D eigenvalue weighted by Gasteiger charge is -2.04. The maximum absolute atomic E-state index is 11.7. The lowest BCUT2D eigenvalue weighted by Crippen LogP contribution is -2.18. The van der Waals surface area contributed by atoms with Crippen LogP contribution in [-0.4, -0.2) is 11.8 Å². The van der Waals surface area contributed by atoms with E-state index in [2.05, 4.69) is 20.6 Å². The third-order valence-electron chi connectivity index (χ3n) is 2.56. The van der Waals surface area contributed by atoms with Gasteiger partial charge < -0.3 is 10.6 Å². The second kappa shape index (κ2) is 6.98. The van der Waals surface area contributed by atoms with Crippen LogP contribution in [0.25, 0.3) is 0 Å². The highest BCUT2D eigenvalue weighted by atomic mass is 16.2. The minimum atomic E-state index is -0.195. The lowest BCUT2D eigenvalue weighted by atomic mass is 10.2. The highest BCUT2D eigenvalue weighted by Crippen LogP contribution is 2.05. The summed E-state index contributed by atoms with van der Waals surface area (Å²) in [4.78, 5) is 29.0. The minimum Gasteiger partial charge on any atom is -0.321 e. The summed E-state index contributed by atoms with van der Waals surface area (Å²) in [5.74, 6) is -0.390. The third-order valence-corrected chi connectivity index (χ3v) is 2.56. The van der Waals surface area contributed by atoms with E-state index in [1.807, 2.05) is 0 Å². The van der Waals surface area contributed by atoms with E-state index in [9.17, 15) is 9.59 Å². The van der Waals surface area contributed by atoms with Gasteiger partial charge in [-0.15, -0.1) is 0 Å². The summed E-state index contributed by atoms with van der Waals surface area (Å²) in [6.07, 6.45) is 7.13. The first-order valence-electron chi connectivity index (χ1n) is 6.26. The number of carbonyl (C=O) groups is 2. The third kappa shape index (κ3) is 4.49. The normalized spacial score (nSPS) is 9.80. The van der Waals surface area contributed by atoms with Gasteiger partial charge in [0.15, 0.2) is 24.8 Å². The molecule has 0 unspecified atom stereocenters. The van der Waals surface area contributed by atoms with Crippen LogP contribution >= 0.6 is 0 Å². The summed E-state index contributed by atoms with van der Waals surface area (Å²) in [5.41, 5.74) is 1.35. The van der Waals surface area contributed by atoms with Crippen LogP contribution in [-0.2, 0) is 9.59 Å². The number of hydrogen-bond acceptors (Lipinski definition) is 2. The van der Waals surface area contributed by atoms with Crippen LogP contribution in [0.15, 0.2) is 49.1 Å². The first-order valence-corrected chi connectivity index (χ1v) is 6.26. The fraction of sp³-hybridized carbons (Fsp3) is 0.143. The Morgan fingerprint density at radius 2 is 1.30 bits per heavy atom. The first-order chi connectivity index (χ1) is 9.74. The van der Waals surface area contributed by atoms with Gasteiger partial charge in [0.05, 0.1) is 0 Å². The molecule has 2 rings (SSSR count). The van der Waals surface area contributed by atoms with Gasteiger partial charge in [-0.3, -0.25) is 9.59 Å². The van der Waals surface area contributed by atoms with Crippen LogP contribution in [0.3, 0.4) is 0 Å². The Morgan fingerprint density at radius 3 is 1.65 bits per heavy atom. The van der Waals surface area contributed by atoms with Gasteiger partial charge in [-0.05, 0) is 12.1 Å². The van der Waals surface area contributed by atoms with E-state index in [0.717, 1.165) is 0 Å². The van der Waals surface area contributed by atoms with Crippen molar-refractivity contribution in [2.75, 3.05) is 10.6 Å². The average Bonchev–Trinajstić information content (AvgIpc) is 2.47. The van der Waals surface area contributed by atoms with Crippen LogP contribution < -0.4 is 20.6 Å². The zero-order valence-corrected chi connectivity index (χ0v) is 10.8. The molecule has 0 bridgehead atoms. The standard InChI is InChI=1S/C14H14N4O2/c19-13(17-11-3-1-7-15-9-11)5-6-14(20)18-12-4-2-8-16-10-12/h1-4,7-10H,5-6H2,(H,17,19)(H,18,20)/p+2. The fourth-order valence-corrected chi connectivity index (χ4v) is 1.62. The summed E-state index contributed by atoms with van der Waals surface area (Å²) < 4.78 is 0. The molecule has 0 aliphatic rings. The van der Waals surface area contributed by atoms with E-state index in [4.69, 9.17) is 0 Å². The second-order valence-corrected chi connectivity index (χ2v) is 4.18. The predicted octanol–water partition coefficient (Wildman–Crippen LogP) is 0.672. The molecule has 6 heteroatoms. The second-order valence-electron chi connectivity index (χ2n) is 4.18. The Bertz CT molecular complexity index is 519. The van der Waals surface area contributed by atoms with Gasteiger partial charge in [0.2, 0.25) is 11.8 Å². The number of aromatic nitrogens is 2. The van der Waals surface area contributed by atoms with Gasteiger partial charge >= 0.3 is 0 Å². The van der Waals surface area contributed by atoms with E-state index in [-0.39, 0.29) is 24.7 Å². The van der Waals surface area contributed by atoms with Gasteiger partial charge in [-0.2, -0.15) is 0 Å². The Labute approximate surface area is 116 Å². The zero-order chi connectivity index (χ0) is 14.2. The van der Waals surface area contributed by atoms with Crippen molar-refractivity contribution < 1.29 is 19.6 Å². The molecule has 0 saturated heterocycles. The number of nitrogens with one attached hydrogen (secondary N) is 4. The van der Waals surface area contributed by atoms with Gasteiger partial charge in [-0.25, -0.2) is 9.97 Å². The summed E-state index contributed by atoms with van der Waals surface area (Å²) in [5, 5.41) is 5.41. The lowest BCUT2D eigenvalue weighted by molar-refractivity contribution is -0.377. The smallest absolute Gasteiger partial charge is 0.225 e. The molecule has 2 amide bonds. The first kappa shape index (κ1) is 13.7. The van der Waals surface area contributed by atoms with Crippen LogP contribution in [0.2, 0.25) is 0 Å². The number of anilines is 2.